The molecule has 5 nitrogen and oxygen atoms in total. The van der Waals surface area contributed by atoms with E-state index in [-0.39, 0.29) is 24.7 Å². The van der Waals surface area contributed by atoms with Gasteiger partial charge in [-0.15, -0.1) is 0 Å². The number of benzene rings is 1. The zero-order valence-electron chi connectivity index (χ0n) is 12.3. The van der Waals surface area contributed by atoms with Crippen LogP contribution in [0.2, 0.25) is 0 Å². The highest BCUT2D eigenvalue weighted by atomic mass is 19.3. The number of phenols is 1. The lowest BCUT2D eigenvalue weighted by Gasteiger charge is -2.35. The summed E-state index contributed by atoms with van der Waals surface area (Å²) in [5.41, 5.74) is 0.442. The molecule has 0 bridgehead atoms. The van der Waals surface area contributed by atoms with Crippen molar-refractivity contribution in [3.63, 3.8) is 0 Å². The Hall–Kier alpha value is -2.18. The van der Waals surface area contributed by atoms with Crippen LogP contribution in [-0.4, -0.2) is 58.8 Å². The van der Waals surface area contributed by atoms with E-state index in [2.05, 4.69) is 0 Å². The minimum Gasteiger partial charge on any atom is -0.508 e. The standard InChI is InChI=1S/C15H18F2N2O3/c1-15(16,17)10-13(21)18-6-8-19(9-7-18)14(22)11-2-4-12(20)5-3-11/h2-5,20H,6-10H2,1H3. The third-order valence-corrected chi connectivity index (χ3v) is 3.50. The van der Waals surface area contributed by atoms with Gasteiger partial charge in [-0.05, 0) is 31.2 Å². The molecule has 1 saturated heterocycles. The molecule has 0 saturated carbocycles. The van der Waals surface area contributed by atoms with E-state index in [1.807, 2.05) is 0 Å². The van der Waals surface area contributed by atoms with Crippen molar-refractivity contribution in [1.29, 1.82) is 0 Å². The summed E-state index contributed by atoms with van der Waals surface area (Å²) in [5.74, 6) is -3.74. The molecule has 1 aliphatic rings. The predicted octanol–water partition coefficient (Wildman–Crippen LogP) is 1.72. The number of carbonyl (C=O) groups is 2. The molecule has 1 aliphatic heterocycles. The summed E-state index contributed by atoms with van der Waals surface area (Å²) in [6, 6.07) is 5.90. The predicted molar refractivity (Wildman–Crippen MR) is 75.8 cm³/mol. The van der Waals surface area contributed by atoms with Crippen molar-refractivity contribution in [2.24, 2.45) is 0 Å². The van der Waals surface area contributed by atoms with Crippen LogP contribution >= 0.6 is 0 Å². The van der Waals surface area contributed by atoms with Gasteiger partial charge in [-0.3, -0.25) is 9.59 Å². The normalized spacial score (nSPS) is 15.8. The van der Waals surface area contributed by atoms with E-state index in [0.29, 0.717) is 18.7 Å². The van der Waals surface area contributed by atoms with Gasteiger partial charge >= 0.3 is 0 Å². The second-order valence-electron chi connectivity index (χ2n) is 5.47. The number of hydrogen-bond donors (Lipinski definition) is 1. The molecule has 0 aromatic heterocycles. The van der Waals surface area contributed by atoms with Crippen LogP contribution in [0.15, 0.2) is 24.3 Å². The summed E-state index contributed by atoms with van der Waals surface area (Å²) in [6.45, 7) is 1.83. The largest absolute Gasteiger partial charge is 0.508 e. The van der Waals surface area contributed by atoms with Gasteiger partial charge in [-0.2, -0.15) is 0 Å². The van der Waals surface area contributed by atoms with Gasteiger partial charge in [-0.25, -0.2) is 8.78 Å². The average molecular weight is 312 g/mol. The molecule has 7 heteroatoms. The van der Waals surface area contributed by atoms with Crippen LogP contribution in [-0.2, 0) is 4.79 Å². The van der Waals surface area contributed by atoms with Crippen molar-refractivity contribution in [2.75, 3.05) is 26.2 Å². The Morgan fingerprint density at radius 3 is 2.09 bits per heavy atom. The molecular weight excluding hydrogens is 294 g/mol. The van der Waals surface area contributed by atoms with E-state index in [4.69, 9.17) is 0 Å². The van der Waals surface area contributed by atoms with E-state index >= 15 is 0 Å². The maximum absolute atomic E-state index is 12.9. The fourth-order valence-corrected chi connectivity index (χ4v) is 2.32. The van der Waals surface area contributed by atoms with Crippen molar-refractivity contribution < 1.29 is 23.5 Å². The maximum atomic E-state index is 12.9. The highest BCUT2D eigenvalue weighted by Gasteiger charge is 2.31. The van der Waals surface area contributed by atoms with Gasteiger partial charge in [-0.1, -0.05) is 0 Å². The summed E-state index contributed by atoms with van der Waals surface area (Å²) in [4.78, 5) is 26.9. The molecule has 1 N–H and O–H groups in total. The molecule has 22 heavy (non-hydrogen) atoms. The number of rotatable bonds is 3. The number of halogens is 2. The van der Waals surface area contributed by atoms with Crippen molar-refractivity contribution in [3.8, 4) is 5.75 Å². The van der Waals surface area contributed by atoms with Crippen LogP contribution in [0.3, 0.4) is 0 Å². The first-order valence-corrected chi connectivity index (χ1v) is 7.00. The van der Waals surface area contributed by atoms with E-state index in [1.165, 1.54) is 29.2 Å². The molecule has 1 aromatic rings. The van der Waals surface area contributed by atoms with Gasteiger partial charge in [0.05, 0.1) is 6.42 Å². The first-order chi connectivity index (χ1) is 10.3. The van der Waals surface area contributed by atoms with Gasteiger partial charge in [0.15, 0.2) is 0 Å². The molecule has 0 aliphatic carbocycles. The molecule has 2 amide bonds. The number of hydrogen-bond acceptors (Lipinski definition) is 3. The minimum absolute atomic E-state index is 0.0764. The van der Waals surface area contributed by atoms with Crippen molar-refractivity contribution in [2.45, 2.75) is 19.3 Å². The average Bonchev–Trinajstić information content (AvgIpc) is 2.46. The number of alkyl halides is 2. The Morgan fingerprint density at radius 2 is 1.59 bits per heavy atom. The molecule has 2 rings (SSSR count). The lowest BCUT2D eigenvalue weighted by atomic mass is 10.1. The molecular formula is C15H18F2N2O3. The highest BCUT2D eigenvalue weighted by Crippen LogP contribution is 2.19. The Kier molecular flexibility index (Phi) is 4.63. The number of amides is 2. The number of aromatic hydroxyl groups is 1. The van der Waals surface area contributed by atoms with Crippen LogP contribution < -0.4 is 0 Å². The molecule has 1 aromatic carbocycles. The van der Waals surface area contributed by atoms with Crippen LogP contribution in [0.4, 0.5) is 8.78 Å². The lowest BCUT2D eigenvalue weighted by Crippen LogP contribution is -2.51. The second-order valence-corrected chi connectivity index (χ2v) is 5.47. The van der Waals surface area contributed by atoms with Crippen molar-refractivity contribution in [3.05, 3.63) is 29.8 Å². The first kappa shape index (κ1) is 16.2. The Labute approximate surface area is 127 Å². The molecule has 0 unspecified atom stereocenters. The Morgan fingerprint density at radius 1 is 1.09 bits per heavy atom. The first-order valence-electron chi connectivity index (χ1n) is 7.00. The third-order valence-electron chi connectivity index (χ3n) is 3.50. The van der Waals surface area contributed by atoms with Crippen molar-refractivity contribution in [1.82, 2.24) is 9.80 Å². The topological polar surface area (TPSA) is 60.9 Å². The number of carbonyl (C=O) groups excluding carboxylic acids is 2. The van der Waals surface area contributed by atoms with Crippen LogP contribution in [0.5, 0.6) is 5.75 Å². The maximum Gasteiger partial charge on any atom is 0.254 e. The quantitative estimate of drug-likeness (QED) is 0.924. The fourth-order valence-electron chi connectivity index (χ4n) is 2.32. The molecule has 0 radical (unpaired) electrons. The number of nitrogens with zero attached hydrogens (tertiary/aromatic N) is 2. The van der Waals surface area contributed by atoms with Gasteiger partial charge in [0.1, 0.15) is 5.75 Å². The Balaban J connectivity index is 1.90. The summed E-state index contributed by atoms with van der Waals surface area (Å²) in [5, 5.41) is 9.21. The van der Waals surface area contributed by atoms with Crippen molar-refractivity contribution >= 4 is 11.8 Å². The molecule has 1 heterocycles. The zero-order valence-corrected chi connectivity index (χ0v) is 12.3. The summed E-state index contributed by atoms with van der Waals surface area (Å²) < 4.78 is 25.7. The second kappa shape index (κ2) is 6.29. The molecule has 120 valence electrons. The van der Waals surface area contributed by atoms with Gasteiger partial charge < -0.3 is 14.9 Å². The summed E-state index contributed by atoms with van der Waals surface area (Å²) >= 11 is 0. The van der Waals surface area contributed by atoms with Crippen LogP contribution in [0.25, 0.3) is 0 Å². The SMILES string of the molecule is CC(F)(F)CC(=O)N1CCN(C(=O)c2ccc(O)cc2)CC1. The molecule has 0 atom stereocenters. The molecule has 0 spiro atoms. The van der Waals surface area contributed by atoms with Gasteiger partial charge in [0.25, 0.3) is 11.8 Å². The smallest absolute Gasteiger partial charge is 0.254 e. The minimum atomic E-state index is -3.02. The summed E-state index contributed by atoms with van der Waals surface area (Å²) in [7, 11) is 0. The van der Waals surface area contributed by atoms with E-state index in [1.54, 1.807) is 4.90 Å². The van der Waals surface area contributed by atoms with E-state index in [0.717, 1.165) is 6.92 Å². The van der Waals surface area contributed by atoms with Gasteiger partial charge in [0, 0.05) is 31.7 Å². The number of piperazine rings is 1. The monoisotopic (exact) mass is 312 g/mol. The zero-order chi connectivity index (χ0) is 16.3. The fraction of sp³-hybridized carbons (Fsp3) is 0.467. The highest BCUT2D eigenvalue weighted by molar-refractivity contribution is 5.94. The van der Waals surface area contributed by atoms with Gasteiger partial charge in [0.2, 0.25) is 5.91 Å². The third kappa shape index (κ3) is 4.16. The van der Waals surface area contributed by atoms with Crippen LogP contribution in [0, 0.1) is 0 Å². The van der Waals surface area contributed by atoms with E-state index in [9.17, 15) is 23.5 Å². The number of phenolic OH excluding ortho intramolecular Hbond substituents is 1. The molecule has 1 fully saturated rings. The summed E-state index contributed by atoms with van der Waals surface area (Å²) in [6.07, 6.45) is -0.807. The Bertz CT molecular complexity index is 547. The van der Waals surface area contributed by atoms with E-state index < -0.39 is 18.3 Å². The lowest BCUT2D eigenvalue weighted by molar-refractivity contribution is -0.139. The van der Waals surface area contributed by atoms with Crippen LogP contribution in [0.1, 0.15) is 23.7 Å².